The van der Waals surface area contributed by atoms with E-state index < -0.39 is 0 Å². The number of anilines is 1. The summed E-state index contributed by atoms with van der Waals surface area (Å²) in [5.41, 5.74) is 3.56. The van der Waals surface area contributed by atoms with Crippen LogP contribution in [0.5, 0.6) is 0 Å². The predicted octanol–water partition coefficient (Wildman–Crippen LogP) is 3.16. The molecule has 3 aromatic rings. The van der Waals surface area contributed by atoms with Gasteiger partial charge in [-0.3, -0.25) is 0 Å². The van der Waals surface area contributed by atoms with Crippen LogP contribution in [0.25, 0.3) is 5.69 Å². The standard InChI is InChI=1S/C20H23N5/c1-2-12-24(11-1)20-9-6-18(16-22-20)15-21-14-17-4-7-19(8-5-17)25-13-3-10-23-25/h3-10,13,16,21H,1-2,11-12,14-15H2. The largest absolute Gasteiger partial charge is 0.357 e. The third-order valence-corrected chi connectivity index (χ3v) is 4.60. The highest BCUT2D eigenvalue weighted by Crippen LogP contribution is 2.17. The van der Waals surface area contributed by atoms with E-state index in [9.17, 15) is 0 Å². The molecule has 25 heavy (non-hydrogen) atoms. The molecule has 0 aliphatic carbocycles. The topological polar surface area (TPSA) is 46.0 Å². The SMILES string of the molecule is c1cnn(-c2ccc(CNCc3ccc(N4CCCC4)nc3)cc2)c1. The van der Waals surface area contributed by atoms with E-state index >= 15 is 0 Å². The molecule has 4 rings (SSSR count). The molecule has 128 valence electrons. The van der Waals surface area contributed by atoms with Gasteiger partial charge >= 0.3 is 0 Å². The Kier molecular flexibility index (Phi) is 4.74. The molecule has 1 fully saturated rings. The van der Waals surface area contributed by atoms with Crippen molar-refractivity contribution in [2.45, 2.75) is 25.9 Å². The van der Waals surface area contributed by atoms with Crippen LogP contribution in [-0.4, -0.2) is 27.9 Å². The van der Waals surface area contributed by atoms with Crippen molar-refractivity contribution in [2.75, 3.05) is 18.0 Å². The fourth-order valence-corrected chi connectivity index (χ4v) is 3.19. The monoisotopic (exact) mass is 333 g/mol. The molecule has 0 radical (unpaired) electrons. The lowest BCUT2D eigenvalue weighted by Gasteiger charge is -2.16. The number of hydrogen-bond acceptors (Lipinski definition) is 4. The summed E-state index contributed by atoms with van der Waals surface area (Å²) >= 11 is 0. The third-order valence-electron chi connectivity index (χ3n) is 4.60. The van der Waals surface area contributed by atoms with Gasteiger partial charge in [-0.15, -0.1) is 0 Å². The molecule has 0 unspecified atom stereocenters. The molecule has 2 aromatic heterocycles. The molecule has 5 nitrogen and oxygen atoms in total. The van der Waals surface area contributed by atoms with Crippen LogP contribution in [0.15, 0.2) is 61.1 Å². The Morgan fingerprint density at radius 2 is 1.68 bits per heavy atom. The maximum absolute atomic E-state index is 4.60. The fourth-order valence-electron chi connectivity index (χ4n) is 3.19. The molecule has 0 saturated carbocycles. The van der Waals surface area contributed by atoms with E-state index in [0.29, 0.717) is 0 Å². The summed E-state index contributed by atoms with van der Waals surface area (Å²) < 4.78 is 1.87. The lowest BCUT2D eigenvalue weighted by Crippen LogP contribution is -2.19. The van der Waals surface area contributed by atoms with E-state index in [1.165, 1.54) is 24.0 Å². The summed E-state index contributed by atoms with van der Waals surface area (Å²) in [4.78, 5) is 6.96. The maximum atomic E-state index is 4.60. The van der Waals surface area contributed by atoms with E-state index in [4.69, 9.17) is 0 Å². The Hall–Kier alpha value is -2.66. The Labute approximate surface area is 148 Å². The van der Waals surface area contributed by atoms with E-state index in [1.54, 1.807) is 6.20 Å². The Morgan fingerprint density at radius 1 is 0.920 bits per heavy atom. The van der Waals surface area contributed by atoms with Crippen LogP contribution in [0.1, 0.15) is 24.0 Å². The summed E-state index contributed by atoms with van der Waals surface area (Å²) in [7, 11) is 0. The van der Waals surface area contributed by atoms with Gasteiger partial charge in [-0.05, 0) is 48.2 Å². The Balaban J connectivity index is 1.28. The quantitative estimate of drug-likeness (QED) is 0.753. The second-order valence-corrected chi connectivity index (χ2v) is 6.44. The van der Waals surface area contributed by atoms with E-state index in [2.05, 4.69) is 56.7 Å². The van der Waals surface area contributed by atoms with E-state index in [-0.39, 0.29) is 0 Å². The van der Waals surface area contributed by atoms with Gasteiger partial charge in [-0.25, -0.2) is 9.67 Å². The van der Waals surface area contributed by atoms with Crippen molar-refractivity contribution in [3.63, 3.8) is 0 Å². The van der Waals surface area contributed by atoms with Crippen LogP contribution in [0.2, 0.25) is 0 Å². The summed E-state index contributed by atoms with van der Waals surface area (Å²) in [6.45, 7) is 3.94. The first-order chi connectivity index (χ1) is 12.4. The molecule has 1 aromatic carbocycles. The minimum atomic E-state index is 0.828. The van der Waals surface area contributed by atoms with Crippen molar-refractivity contribution in [3.05, 3.63) is 72.2 Å². The molecule has 0 atom stereocenters. The van der Waals surface area contributed by atoms with Gasteiger partial charge in [0.25, 0.3) is 0 Å². The molecule has 0 bridgehead atoms. The molecule has 1 N–H and O–H groups in total. The molecule has 1 aliphatic heterocycles. The zero-order chi connectivity index (χ0) is 16.9. The van der Waals surface area contributed by atoms with Crippen molar-refractivity contribution in [3.8, 4) is 5.69 Å². The van der Waals surface area contributed by atoms with Crippen molar-refractivity contribution >= 4 is 5.82 Å². The van der Waals surface area contributed by atoms with Crippen LogP contribution in [0.3, 0.4) is 0 Å². The van der Waals surface area contributed by atoms with Gasteiger partial charge in [-0.1, -0.05) is 18.2 Å². The maximum Gasteiger partial charge on any atom is 0.128 e. The van der Waals surface area contributed by atoms with Gasteiger partial charge in [0.1, 0.15) is 5.82 Å². The third kappa shape index (κ3) is 3.88. The second kappa shape index (κ2) is 7.49. The highest BCUT2D eigenvalue weighted by Gasteiger charge is 2.12. The van der Waals surface area contributed by atoms with Crippen LogP contribution >= 0.6 is 0 Å². The van der Waals surface area contributed by atoms with Gasteiger partial charge in [0.15, 0.2) is 0 Å². The van der Waals surface area contributed by atoms with Gasteiger partial charge < -0.3 is 10.2 Å². The van der Waals surface area contributed by atoms with E-state index in [0.717, 1.165) is 37.7 Å². The molecule has 3 heterocycles. The first-order valence-corrected chi connectivity index (χ1v) is 8.88. The minimum absolute atomic E-state index is 0.828. The van der Waals surface area contributed by atoms with Crippen LogP contribution in [0, 0.1) is 0 Å². The number of nitrogens with zero attached hydrogens (tertiary/aromatic N) is 4. The molecule has 0 spiro atoms. The average Bonchev–Trinajstić information content (AvgIpc) is 3.37. The highest BCUT2D eigenvalue weighted by molar-refractivity contribution is 5.40. The van der Waals surface area contributed by atoms with Crippen LogP contribution < -0.4 is 10.2 Å². The second-order valence-electron chi connectivity index (χ2n) is 6.44. The van der Waals surface area contributed by atoms with Gasteiger partial charge in [0.05, 0.1) is 5.69 Å². The first kappa shape index (κ1) is 15.8. The van der Waals surface area contributed by atoms with Crippen molar-refractivity contribution in [1.29, 1.82) is 0 Å². The zero-order valence-electron chi connectivity index (χ0n) is 14.3. The average molecular weight is 333 g/mol. The van der Waals surface area contributed by atoms with Crippen molar-refractivity contribution in [2.24, 2.45) is 0 Å². The molecular weight excluding hydrogens is 310 g/mol. The number of aromatic nitrogens is 3. The first-order valence-electron chi connectivity index (χ1n) is 8.88. The van der Waals surface area contributed by atoms with Gasteiger partial charge in [0.2, 0.25) is 0 Å². The van der Waals surface area contributed by atoms with Crippen LogP contribution in [-0.2, 0) is 13.1 Å². The Morgan fingerprint density at radius 3 is 2.36 bits per heavy atom. The smallest absolute Gasteiger partial charge is 0.128 e. The predicted molar refractivity (Wildman–Crippen MR) is 99.8 cm³/mol. The van der Waals surface area contributed by atoms with Crippen molar-refractivity contribution < 1.29 is 0 Å². The number of rotatable bonds is 6. The van der Waals surface area contributed by atoms with Gasteiger partial charge in [-0.2, -0.15) is 5.10 Å². The van der Waals surface area contributed by atoms with Crippen molar-refractivity contribution in [1.82, 2.24) is 20.1 Å². The molecule has 0 amide bonds. The molecule has 1 saturated heterocycles. The lowest BCUT2D eigenvalue weighted by atomic mass is 10.2. The minimum Gasteiger partial charge on any atom is -0.357 e. The summed E-state index contributed by atoms with van der Waals surface area (Å²) in [5.74, 6) is 1.11. The molecule has 1 aliphatic rings. The van der Waals surface area contributed by atoms with Gasteiger partial charge in [0, 0.05) is 44.8 Å². The normalized spacial score (nSPS) is 14.2. The number of nitrogens with one attached hydrogen (secondary N) is 1. The van der Waals surface area contributed by atoms with E-state index in [1.807, 2.05) is 23.1 Å². The Bertz CT molecular complexity index is 772. The zero-order valence-corrected chi connectivity index (χ0v) is 14.3. The summed E-state index contributed by atoms with van der Waals surface area (Å²) in [5, 5.41) is 7.73. The fraction of sp³-hybridized carbons (Fsp3) is 0.300. The summed E-state index contributed by atoms with van der Waals surface area (Å²) in [6.07, 6.45) is 8.29. The lowest BCUT2D eigenvalue weighted by molar-refractivity contribution is 0.691. The van der Waals surface area contributed by atoms with Crippen LogP contribution in [0.4, 0.5) is 5.82 Å². The number of benzene rings is 1. The number of hydrogen-bond donors (Lipinski definition) is 1. The highest BCUT2D eigenvalue weighted by atomic mass is 15.3. The molecular formula is C20H23N5. The number of pyridine rings is 1. The molecule has 5 heteroatoms. The summed E-state index contributed by atoms with van der Waals surface area (Å²) in [6, 6.07) is 14.7.